The molecule has 1 atom stereocenters. The van der Waals surface area contributed by atoms with Crippen LogP contribution in [0.4, 0.5) is 4.39 Å². The van der Waals surface area contributed by atoms with Gasteiger partial charge in [0.2, 0.25) is 0 Å². The molecule has 0 spiro atoms. The van der Waals surface area contributed by atoms with E-state index in [9.17, 15) is 9.18 Å². The van der Waals surface area contributed by atoms with Gasteiger partial charge in [-0.1, -0.05) is 5.16 Å². The van der Waals surface area contributed by atoms with Gasteiger partial charge in [0.15, 0.2) is 5.84 Å². The van der Waals surface area contributed by atoms with E-state index in [4.69, 9.17) is 10.9 Å². The van der Waals surface area contributed by atoms with Crippen molar-refractivity contribution in [1.82, 2.24) is 9.88 Å². The maximum Gasteiger partial charge on any atom is 0.255 e. The van der Waals surface area contributed by atoms with E-state index in [-0.39, 0.29) is 11.4 Å². The predicted molar refractivity (Wildman–Crippen MR) is 59.2 cm³/mol. The van der Waals surface area contributed by atoms with Crippen LogP contribution >= 0.6 is 0 Å². The summed E-state index contributed by atoms with van der Waals surface area (Å²) in [6.07, 6.45) is 2.25. The third-order valence-corrected chi connectivity index (χ3v) is 2.40. The smallest absolute Gasteiger partial charge is 0.255 e. The molecule has 1 unspecified atom stereocenters. The molecule has 92 valence electrons. The molecule has 0 aromatic carbocycles. The van der Waals surface area contributed by atoms with Gasteiger partial charge in [0.05, 0.1) is 17.8 Å². The molecule has 1 amide bonds. The first kappa shape index (κ1) is 12.9. The van der Waals surface area contributed by atoms with Crippen LogP contribution in [-0.4, -0.2) is 39.9 Å². The lowest BCUT2D eigenvalue weighted by molar-refractivity contribution is 0.0775. The summed E-state index contributed by atoms with van der Waals surface area (Å²) in [5.41, 5.74) is 5.48. The Labute approximate surface area is 97.5 Å². The number of pyridine rings is 1. The van der Waals surface area contributed by atoms with Gasteiger partial charge in [-0.15, -0.1) is 0 Å². The van der Waals surface area contributed by atoms with Crippen molar-refractivity contribution in [1.29, 1.82) is 0 Å². The lowest BCUT2D eigenvalue weighted by Gasteiger charge is -2.23. The number of halogens is 1. The summed E-state index contributed by atoms with van der Waals surface area (Å²) in [5, 5.41) is 11.3. The van der Waals surface area contributed by atoms with Crippen LogP contribution in [-0.2, 0) is 0 Å². The van der Waals surface area contributed by atoms with Crippen LogP contribution in [0.5, 0.6) is 0 Å². The van der Waals surface area contributed by atoms with Crippen molar-refractivity contribution in [3.05, 3.63) is 29.8 Å². The van der Waals surface area contributed by atoms with Crippen molar-refractivity contribution < 1.29 is 14.4 Å². The maximum absolute atomic E-state index is 12.9. The number of likely N-dealkylation sites (N-methyl/N-ethyl adjacent to an activating group) is 1. The third kappa shape index (κ3) is 2.90. The molecule has 0 saturated heterocycles. The fraction of sp³-hybridized carbons (Fsp3) is 0.300. The lowest BCUT2D eigenvalue weighted by atomic mass is 10.2. The molecular formula is C10H13FN4O2. The number of amidine groups is 1. The van der Waals surface area contributed by atoms with Gasteiger partial charge in [-0.2, -0.15) is 0 Å². The summed E-state index contributed by atoms with van der Waals surface area (Å²) in [6, 6.07) is 0.473. The van der Waals surface area contributed by atoms with Gasteiger partial charge in [0, 0.05) is 13.2 Å². The maximum atomic E-state index is 12.9. The van der Waals surface area contributed by atoms with Gasteiger partial charge < -0.3 is 15.8 Å². The van der Waals surface area contributed by atoms with Crippen LogP contribution < -0.4 is 5.73 Å². The molecule has 0 radical (unpaired) electrons. The fourth-order valence-electron chi connectivity index (χ4n) is 1.19. The minimum Gasteiger partial charge on any atom is -0.409 e. The molecule has 0 aliphatic rings. The molecule has 17 heavy (non-hydrogen) atoms. The Morgan fingerprint density at radius 3 is 2.82 bits per heavy atom. The highest BCUT2D eigenvalue weighted by atomic mass is 19.1. The minimum atomic E-state index is -0.601. The third-order valence-electron chi connectivity index (χ3n) is 2.40. The SMILES string of the molecule is CC(/C(N)=N/O)N(C)C(=O)c1cncc(F)c1. The summed E-state index contributed by atoms with van der Waals surface area (Å²) >= 11 is 0. The van der Waals surface area contributed by atoms with Gasteiger partial charge >= 0.3 is 0 Å². The van der Waals surface area contributed by atoms with Crippen molar-refractivity contribution in [3.8, 4) is 0 Å². The molecule has 1 aromatic rings. The molecule has 1 rings (SSSR count). The number of nitrogens with zero attached hydrogens (tertiary/aromatic N) is 3. The van der Waals surface area contributed by atoms with Crippen LogP contribution in [0.15, 0.2) is 23.6 Å². The van der Waals surface area contributed by atoms with E-state index in [1.807, 2.05) is 0 Å². The number of amides is 1. The number of hydrogen-bond donors (Lipinski definition) is 2. The van der Waals surface area contributed by atoms with Gasteiger partial charge in [-0.25, -0.2) is 4.39 Å². The molecule has 3 N–H and O–H groups in total. The van der Waals surface area contributed by atoms with Crippen molar-refractivity contribution >= 4 is 11.7 Å². The predicted octanol–water partition coefficient (Wildman–Crippen LogP) is 0.428. The van der Waals surface area contributed by atoms with Gasteiger partial charge in [0.1, 0.15) is 5.82 Å². The lowest BCUT2D eigenvalue weighted by Crippen LogP contribution is -2.43. The number of carbonyl (C=O) groups excluding carboxylic acids is 1. The first-order valence-electron chi connectivity index (χ1n) is 4.82. The zero-order valence-electron chi connectivity index (χ0n) is 9.46. The van der Waals surface area contributed by atoms with Crippen molar-refractivity contribution in [2.75, 3.05) is 7.05 Å². The largest absolute Gasteiger partial charge is 0.409 e. The van der Waals surface area contributed by atoms with E-state index in [1.54, 1.807) is 6.92 Å². The Balaban J connectivity index is 2.90. The molecule has 7 heteroatoms. The second-order valence-electron chi connectivity index (χ2n) is 3.51. The van der Waals surface area contributed by atoms with E-state index in [0.29, 0.717) is 0 Å². The number of oxime groups is 1. The van der Waals surface area contributed by atoms with E-state index in [1.165, 1.54) is 18.1 Å². The van der Waals surface area contributed by atoms with E-state index >= 15 is 0 Å². The molecule has 6 nitrogen and oxygen atoms in total. The first-order chi connectivity index (χ1) is 7.97. The monoisotopic (exact) mass is 240 g/mol. The van der Waals surface area contributed by atoms with Crippen LogP contribution in [0.1, 0.15) is 17.3 Å². The van der Waals surface area contributed by atoms with Gasteiger partial charge in [0.25, 0.3) is 5.91 Å². The van der Waals surface area contributed by atoms with Crippen LogP contribution in [0, 0.1) is 5.82 Å². The fourth-order valence-corrected chi connectivity index (χ4v) is 1.19. The average Bonchev–Trinajstić information content (AvgIpc) is 2.35. The molecule has 0 aliphatic heterocycles. The van der Waals surface area contributed by atoms with Crippen LogP contribution in [0.2, 0.25) is 0 Å². The number of nitrogens with two attached hydrogens (primary N) is 1. The second kappa shape index (κ2) is 5.24. The standard InChI is InChI=1S/C10H13FN4O2/c1-6(9(12)14-17)15(2)10(16)7-3-8(11)5-13-4-7/h3-6,17H,1-2H3,(H2,12,14). The Hall–Kier alpha value is -2.18. The Morgan fingerprint density at radius 1 is 1.65 bits per heavy atom. The normalized spacial score (nSPS) is 13.2. The van der Waals surface area contributed by atoms with Crippen molar-refractivity contribution in [2.24, 2.45) is 10.9 Å². The topological polar surface area (TPSA) is 91.8 Å². The number of carbonyl (C=O) groups is 1. The molecule has 0 bridgehead atoms. The zero-order valence-corrected chi connectivity index (χ0v) is 9.46. The Kier molecular flexibility index (Phi) is 3.97. The molecule has 0 saturated carbocycles. The van der Waals surface area contributed by atoms with Crippen molar-refractivity contribution in [3.63, 3.8) is 0 Å². The van der Waals surface area contributed by atoms with E-state index in [0.717, 1.165) is 12.3 Å². The summed E-state index contributed by atoms with van der Waals surface area (Å²) in [6.45, 7) is 1.58. The Morgan fingerprint density at radius 2 is 2.29 bits per heavy atom. The minimum absolute atomic E-state index is 0.102. The highest BCUT2D eigenvalue weighted by molar-refractivity contribution is 5.97. The zero-order chi connectivity index (χ0) is 13.0. The number of hydrogen-bond acceptors (Lipinski definition) is 4. The molecule has 1 heterocycles. The molecule has 1 aromatic heterocycles. The summed E-state index contributed by atoms with van der Waals surface area (Å²) in [4.78, 5) is 16.7. The Bertz CT molecular complexity index is 450. The number of aromatic nitrogens is 1. The molecule has 0 fully saturated rings. The first-order valence-corrected chi connectivity index (χ1v) is 4.82. The van der Waals surface area contributed by atoms with Crippen LogP contribution in [0.25, 0.3) is 0 Å². The van der Waals surface area contributed by atoms with Gasteiger partial charge in [-0.05, 0) is 13.0 Å². The summed E-state index contributed by atoms with van der Waals surface area (Å²) < 4.78 is 12.9. The van der Waals surface area contributed by atoms with Gasteiger partial charge in [-0.3, -0.25) is 9.78 Å². The van der Waals surface area contributed by atoms with E-state index in [2.05, 4.69) is 10.1 Å². The highest BCUT2D eigenvalue weighted by Gasteiger charge is 2.21. The highest BCUT2D eigenvalue weighted by Crippen LogP contribution is 2.07. The van der Waals surface area contributed by atoms with E-state index < -0.39 is 17.8 Å². The second-order valence-corrected chi connectivity index (χ2v) is 3.51. The number of rotatable bonds is 3. The molecule has 0 aliphatic carbocycles. The summed E-state index contributed by atoms with van der Waals surface area (Å²) in [5.74, 6) is -1.16. The molecular weight excluding hydrogens is 227 g/mol. The quantitative estimate of drug-likeness (QED) is 0.347. The summed E-state index contributed by atoms with van der Waals surface area (Å²) in [7, 11) is 1.47. The average molecular weight is 240 g/mol. The van der Waals surface area contributed by atoms with Crippen molar-refractivity contribution in [2.45, 2.75) is 13.0 Å². The van der Waals surface area contributed by atoms with Crippen LogP contribution in [0.3, 0.4) is 0 Å².